The average Bonchev–Trinajstić information content (AvgIpc) is 2.49. The summed E-state index contributed by atoms with van der Waals surface area (Å²) in [7, 11) is 0. The number of hydrogen-bond donors (Lipinski definition) is 1. The van der Waals surface area contributed by atoms with Crippen molar-refractivity contribution in [2.75, 3.05) is 6.54 Å². The van der Waals surface area contributed by atoms with Crippen LogP contribution in [0.1, 0.15) is 53.4 Å². The van der Waals surface area contributed by atoms with Gasteiger partial charge in [-0.15, -0.1) is 0 Å². The normalized spacial score (nSPS) is 21.0. The van der Waals surface area contributed by atoms with Crippen molar-refractivity contribution in [1.82, 2.24) is 5.32 Å². The first kappa shape index (κ1) is 12.0. The molecule has 0 aliphatic heterocycles. The van der Waals surface area contributed by atoms with Crippen molar-refractivity contribution < 1.29 is 4.74 Å². The van der Waals surface area contributed by atoms with Crippen LogP contribution in [0.25, 0.3) is 0 Å². The monoisotopic (exact) mass is 199 g/mol. The Bertz CT molecular complexity index is 160. The van der Waals surface area contributed by atoms with Crippen LogP contribution in [0.5, 0.6) is 0 Å². The molecule has 0 aromatic carbocycles. The molecular formula is C12H25NO. The van der Waals surface area contributed by atoms with Crippen LogP contribution < -0.4 is 5.32 Å². The maximum atomic E-state index is 6.09. The molecule has 0 bridgehead atoms. The van der Waals surface area contributed by atoms with Crippen LogP contribution >= 0.6 is 0 Å². The van der Waals surface area contributed by atoms with E-state index in [1.165, 1.54) is 25.7 Å². The number of nitrogens with one attached hydrogen (secondary N) is 1. The first-order valence-corrected chi connectivity index (χ1v) is 5.95. The summed E-state index contributed by atoms with van der Waals surface area (Å²) in [4.78, 5) is 0. The molecule has 1 N–H and O–H groups in total. The molecule has 0 aromatic rings. The summed E-state index contributed by atoms with van der Waals surface area (Å²) in [5.41, 5.74) is 0.137. The van der Waals surface area contributed by atoms with Crippen LogP contribution in [0.4, 0.5) is 0 Å². The largest absolute Gasteiger partial charge is 0.371 e. The molecule has 2 heteroatoms. The zero-order valence-electron chi connectivity index (χ0n) is 10.1. The molecule has 0 unspecified atom stereocenters. The van der Waals surface area contributed by atoms with E-state index in [9.17, 15) is 0 Å². The Kier molecular flexibility index (Phi) is 4.39. The van der Waals surface area contributed by atoms with E-state index in [2.05, 4.69) is 33.0 Å². The highest BCUT2D eigenvalue weighted by Gasteiger charge is 2.35. The van der Waals surface area contributed by atoms with Crippen molar-refractivity contribution in [1.29, 1.82) is 0 Å². The van der Waals surface area contributed by atoms with Crippen LogP contribution in [-0.2, 0) is 4.74 Å². The number of hydrogen-bond acceptors (Lipinski definition) is 2. The van der Waals surface area contributed by atoms with E-state index in [-0.39, 0.29) is 5.60 Å². The minimum atomic E-state index is 0.137. The van der Waals surface area contributed by atoms with Gasteiger partial charge in [-0.2, -0.15) is 0 Å². The lowest BCUT2D eigenvalue weighted by atomic mass is 10.0. The summed E-state index contributed by atoms with van der Waals surface area (Å²) in [6.07, 6.45) is 5.46. The summed E-state index contributed by atoms with van der Waals surface area (Å²) in [5, 5.41) is 3.51. The maximum absolute atomic E-state index is 6.09. The summed E-state index contributed by atoms with van der Waals surface area (Å²) in [5.74, 6) is 0. The fraction of sp³-hybridized carbons (Fsp3) is 1.00. The Hall–Kier alpha value is -0.0800. The van der Waals surface area contributed by atoms with E-state index < -0.39 is 0 Å². The maximum Gasteiger partial charge on any atom is 0.0809 e. The molecule has 1 rings (SSSR count). The van der Waals surface area contributed by atoms with E-state index in [0.717, 1.165) is 6.54 Å². The van der Waals surface area contributed by atoms with Crippen LogP contribution in [0.15, 0.2) is 0 Å². The molecule has 14 heavy (non-hydrogen) atoms. The molecule has 2 nitrogen and oxygen atoms in total. The first-order valence-electron chi connectivity index (χ1n) is 5.95. The van der Waals surface area contributed by atoms with Gasteiger partial charge in [0.15, 0.2) is 0 Å². The van der Waals surface area contributed by atoms with E-state index in [4.69, 9.17) is 4.74 Å². The lowest BCUT2D eigenvalue weighted by Crippen LogP contribution is -2.44. The first-order chi connectivity index (χ1) is 6.54. The Morgan fingerprint density at radius 2 is 1.71 bits per heavy atom. The highest BCUT2D eigenvalue weighted by molar-refractivity contribution is 4.89. The van der Waals surface area contributed by atoms with E-state index >= 15 is 0 Å². The second kappa shape index (κ2) is 5.13. The number of ether oxygens (including phenoxy) is 1. The molecule has 0 saturated heterocycles. The van der Waals surface area contributed by atoms with Gasteiger partial charge in [-0.05, 0) is 26.7 Å². The minimum Gasteiger partial charge on any atom is -0.371 e. The smallest absolute Gasteiger partial charge is 0.0809 e. The quantitative estimate of drug-likeness (QED) is 0.735. The standard InChI is InChI=1S/C12H25NO/c1-10(2)13-9-12(14-11(3)4)7-5-6-8-12/h10-11,13H,5-9H2,1-4H3. The van der Waals surface area contributed by atoms with E-state index in [0.29, 0.717) is 12.1 Å². The molecule has 1 saturated carbocycles. The van der Waals surface area contributed by atoms with Gasteiger partial charge < -0.3 is 10.1 Å². The van der Waals surface area contributed by atoms with E-state index in [1.54, 1.807) is 0 Å². The second-order valence-corrected chi connectivity index (χ2v) is 5.09. The fourth-order valence-electron chi connectivity index (χ4n) is 2.25. The van der Waals surface area contributed by atoms with Gasteiger partial charge in [0.25, 0.3) is 0 Å². The molecule has 1 aliphatic rings. The van der Waals surface area contributed by atoms with Gasteiger partial charge in [0.05, 0.1) is 11.7 Å². The van der Waals surface area contributed by atoms with Crippen LogP contribution in [0, 0.1) is 0 Å². The Balaban J connectivity index is 2.44. The zero-order valence-corrected chi connectivity index (χ0v) is 10.1. The third kappa shape index (κ3) is 3.58. The van der Waals surface area contributed by atoms with Crippen molar-refractivity contribution in [3.63, 3.8) is 0 Å². The second-order valence-electron chi connectivity index (χ2n) is 5.09. The average molecular weight is 199 g/mol. The highest BCUT2D eigenvalue weighted by atomic mass is 16.5. The topological polar surface area (TPSA) is 21.3 Å². The SMILES string of the molecule is CC(C)NCC1(OC(C)C)CCCC1. The predicted octanol–water partition coefficient (Wildman–Crippen LogP) is 2.72. The van der Waals surface area contributed by atoms with Crippen molar-refractivity contribution in [2.45, 2.75) is 71.1 Å². The molecule has 0 heterocycles. The van der Waals surface area contributed by atoms with Crippen LogP contribution in [0.2, 0.25) is 0 Å². The zero-order chi connectivity index (χ0) is 10.6. The van der Waals surface area contributed by atoms with Gasteiger partial charge in [-0.1, -0.05) is 26.7 Å². The highest BCUT2D eigenvalue weighted by Crippen LogP contribution is 2.33. The third-order valence-electron chi connectivity index (χ3n) is 2.83. The summed E-state index contributed by atoms with van der Waals surface area (Å²) in [6.45, 7) is 9.67. The van der Waals surface area contributed by atoms with Gasteiger partial charge in [0.2, 0.25) is 0 Å². The van der Waals surface area contributed by atoms with Gasteiger partial charge in [-0.25, -0.2) is 0 Å². The number of rotatable bonds is 5. The molecule has 0 spiro atoms. The predicted molar refractivity (Wildman–Crippen MR) is 60.6 cm³/mol. The summed E-state index contributed by atoms with van der Waals surface area (Å²) >= 11 is 0. The van der Waals surface area contributed by atoms with Gasteiger partial charge in [-0.3, -0.25) is 0 Å². The van der Waals surface area contributed by atoms with Crippen molar-refractivity contribution in [3.8, 4) is 0 Å². The van der Waals surface area contributed by atoms with E-state index in [1.807, 2.05) is 0 Å². The molecule has 0 radical (unpaired) electrons. The lowest BCUT2D eigenvalue weighted by molar-refractivity contribution is -0.0748. The van der Waals surface area contributed by atoms with Crippen molar-refractivity contribution >= 4 is 0 Å². The molecule has 84 valence electrons. The fourth-order valence-corrected chi connectivity index (χ4v) is 2.25. The van der Waals surface area contributed by atoms with Gasteiger partial charge in [0, 0.05) is 12.6 Å². The van der Waals surface area contributed by atoms with Crippen molar-refractivity contribution in [3.05, 3.63) is 0 Å². The molecule has 0 atom stereocenters. The molecule has 1 aliphatic carbocycles. The lowest BCUT2D eigenvalue weighted by Gasteiger charge is -2.32. The third-order valence-corrected chi connectivity index (χ3v) is 2.83. The van der Waals surface area contributed by atoms with Gasteiger partial charge in [0.1, 0.15) is 0 Å². The Morgan fingerprint density at radius 3 is 2.14 bits per heavy atom. The summed E-state index contributed by atoms with van der Waals surface area (Å²) in [6, 6.07) is 0.559. The molecular weight excluding hydrogens is 174 g/mol. The van der Waals surface area contributed by atoms with Crippen molar-refractivity contribution in [2.24, 2.45) is 0 Å². The molecule has 0 aromatic heterocycles. The Morgan fingerprint density at radius 1 is 1.14 bits per heavy atom. The molecule has 1 fully saturated rings. The van der Waals surface area contributed by atoms with Gasteiger partial charge >= 0.3 is 0 Å². The summed E-state index contributed by atoms with van der Waals surface area (Å²) < 4.78 is 6.09. The van der Waals surface area contributed by atoms with Crippen LogP contribution in [-0.4, -0.2) is 24.3 Å². The molecule has 0 amide bonds. The van der Waals surface area contributed by atoms with Crippen LogP contribution in [0.3, 0.4) is 0 Å². The Labute approximate surface area is 88.4 Å². The minimum absolute atomic E-state index is 0.137.